The molecule has 0 saturated carbocycles. The highest BCUT2D eigenvalue weighted by Crippen LogP contribution is 2.36. The molecule has 3 nitrogen and oxygen atoms in total. The summed E-state index contributed by atoms with van der Waals surface area (Å²) in [6.07, 6.45) is 0.590. The van der Waals surface area contributed by atoms with Gasteiger partial charge in [0.1, 0.15) is 11.6 Å². The highest BCUT2D eigenvalue weighted by molar-refractivity contribution is 7.99. The first-order chi connectivity index (χ1) is 12.0. The third-order valence-electron chi connectivity index (χ3n) is 4.20. The van der Waals surface area contributed by atoms with Crippen LogP contribution in [0.2, 0.25) is 0 Å². The summed E-state index contributed by atoms with van der Waals surface area (Å²) in [5.74, 6) is -0.145. The molecule has 1 unspecified atom stereocenters. The normalized spacial score (nSPS) is 17.9. The number of benzene rings is 2. The lowest BCUT2D eigenvalue weighted by atomic mass is 10.1. The quantitative estimate of drug-likeness (QED) is 0.817. The number of carbonyl (C=O) groups is 1. The van der Waals surface area contributed by atoms with Crippen LogP contribution in [0.25, 0.3) is 0 Å². The molecule has 1 aliphatic rings. The molecule has 2 aromatic rings. The number of anilines is 1. The lowest BCUT2D eigenvalue weighted by Gasteiger charge is -2.21. The second-order valence-electron chi connectivity index (χ2n) is 6.10. The van der Waals surface area contributed by atoms with Crippen molar-refractivity contribution in [2.24, 2.45) is 0 Å². The largest absolute Gasteiger partial charge is 0.324 e. The standard InChI is InChI=1S/C19H20F2N2OS/c1-13-3-2-4-15(11-13)22-19(24)23-8-7-18(25-10-9-23)16-12-14(20)5-6-17(16)21/h2-6,11-12,18H,7-10H2,1H3,(H,22,24). The second kappa shape index (κ2) is 7.87. The highest BCUT2D eigenvalue weighted by atomic mass is 32.2. The van der Waals surface area contributed by atoms with Gasteiger partial charge in [0.05, 0.1) is 0 Å². The van der Waals surface area contributed by atoms with E-state index in [4.69, 9.17) is 0 Å². The minimum atomic E-state index is -0.435. The number of urea groups is 1. The molecule has 1 aliphatic heterocycles. The van der Waals surface area contributed by atoms with Crippen molar-refractivity contribution < 1.29 is 13.6 Å². The van der Waals surface area contributed by atoms with Crippen molar-refractivity contribution in [3.63, 3.8) is 0 Å². The fourth-order valence-electron chi connectivity index (χ4n) is 2.91. The molecule has 0 aliphatic carbocycles. The van der Waals surface area contributed by atoms with E-state index in [0.29, 0.717) is 30.8 Å². The molecular weight excluding hydrogens is 342 g/mol. The maximum absolute atomic E-state index is 14.0. The lowest BCUT2D eigenvalue weighted by molar-refractivity contribution is 0.215. The Labute approximate surface area is 150 Å². The molecule has 0 bridgehead atoms. The molecule has 1 saturated heterocycles. The van der Waals surface area contributed by atoms with Gasteiger partial charge in [0.2, 0.25) is 0 Å². The van der Waals surface area contributed by atoms with Crippen molar-refractivity contribution >= 4 is 23.5 Å². The molecule has 2 amide bonds. The summed E-state index contributed by atoms with van der Waals surface area (Å²) in [7, 11) is 0. The van der Waals surface area contributed by atoms with E-state index in [0.717, 1.165) is 17.3 Å². The number of aryl methyl sites for hydroxylation is 1. The molecule has 0 radical (unpaired) electrons. The van der Waals surface area contributed by atoms with E-state index in [1.165, 1.54) is 12.1 Å². The zero-order valence-electron chi connectivity index (χ0n) is 14.0. The Bertz CT molecular complexity index is 769. The van der Waals surface area contributed by atoms with Crippen LogP contribution in [0.15, 0.2) is 42.5 Å². The van der Waals surface area contributed by atoms with Crippen LogP contribution >= 0.6 is 11.8 Å². The van der Waals surface area contributed by atoms with Crippen LogP contribution in [0.4, 0.5) is 19.3 Å². The number of halogens is 2. The van der Waals surface area contributed by atoms with Gasteiger partial charge in [0.25, 0.3) is 0 Å². The van der Waals surface area contributed by atoms with Crippen LogP contribution < -0.4 is 5.32 Å². The number of nitrogens with one attached hydrogen (secondary N) is 1. The highest BCUT2D eigenvalue weighted by Gasteiger charge is 2.24. The van der Waals surface area contributed by atoms with E-state index >= 15 is 0 Å². The van der Waals surface area contributed by atoms with Crippen LogP contribution in [0.3, 0.4) is 0 Å². The number of hydrogen-bond acceptors (Lipinski definition) is 2. The summed E-state index contributed by atoms with van der Waals surface area (Å²) in [6.45, 7) is 3.05. The molecule has 1 atom stereocenters. The van der Waals surface area contributed by atoms with Crippen LogP contribution in [0, 0.1) is 18.6 Å². The fourth-order valence-corrected chi connectivity index (χ4v) is 4.15. The van der Waals surface area contributed by atoms with Gasteiger partial charge in [-0.05, 0) is 49.2 Å². The number of nitrogens with zero attached hydrogens (tertiary/aromatic N) is 1. The maximum atomic E-state index is 14.0. The molecule has 132 valence electrons. The Kier molecular flexibility index (Phi) is 5.58. The van der Waals surface area contributed by atoms with E-state index < -0.39 is 11.6 Å². The number of rotatable bonds is 2. The molecule has 25 heavy (non-hydrogen) atoms. The zero-order valence-corrected chi connectivity index (χ0v) is 14.8. The van der Waals surface area contributed by atoms with Crippen LogP contribution in [-0.4, -0.2) is 29.8 Å². The topological polar surface area (TPSA) is 32.3 Å². The van der Waals surface area contributed by atoms with Crippen LogP contribution in [-0.2, 0) is 0 Å². The SMILES string of the molecule is Cc1cccc(NC(=O)N2CCSC(c3cc(F)ccc3F)CC2)c1. The van der Waals surface area contributed by atoms with Crippen molar-refractivity contribution in [1.29, 1.82) is 0 Å². The van der Waals surface area contributed by atoms with Crippen molar-refractivity contribution in [2.45, 2.75) is 18.6 Å². The van der Waals surface area contributed by atoms with E-state index in [9.17, 15) is 13.6 Å². The van der Waals surface area contributed by atoms with Gasteiger partial charge in [-0.2, -0.15) is 11.8 Å². The summed E-state index contributed by atoms with van der Waals surface area (Å²) >= 11 is 1.56. The van der Waals surface area contributed by atoms with E-state index in [1.54, 1.807) is 16.7 Å². The average molecular weight is 362 g/mol. The molecule has 6 heteroatoms. The summed E-state index contributed by atoms with van der Waals surface area (Å²) in [5.41, 5.74) is 2.21. The monoisotopic (exact) mass is 362 g/mol. The zero-order chi connectivity index (χ0) is 17.8. The Balaban J connectivity index is 1.65. The minimum absolute atomic E-state index is 0.146. The lowest BCUT2D eigenvalue weighted by Crippen LogP contribution is -2.36. The first-order valence-electron chi connectivity index (χ1n) is 8.22. The van der Waals surface area contributed by atoms with E-state index in [1.807, 2.05) is 31.2 Å². The molecule has 2 aromatic carbocycles. The number of thioether (sulfide) groups is 1. The summed E-state index contributed by atoms with van der Waals surface area (Å²) < 4.78 is 27.4. The smallest absolute Gasteiger partial charge is 0.321 e. The van der Waals surface area contributed by atoms with Crippen molar-refractivity contribution in [2.75, 3.05) is 24.2 Å². The van der Waals surface area contributed by atoms with Crippen molar-refractivity contribution in [3.8, 4) is 0 Å². The average Bonchev–Trinajstić information content (AvgIpc) is 2.83. The Morgan fingerprint density at radius 1 is 1.20 bits per heavy atom. The predicted molar refractivity (Wildman–Crippen MR) is 97.9 cm³/mol. The van der Waals surface area contributed by atoms with Crippen LogP contribution in [0.5, 0.6) is 0 Å². The number of carbonyl (C=O) groups excluding carboxylic acids is 1. The van der Waals surface area contributed by atoms with Crippen LogP contribution in [0.1, 0.15) is 22.8 Å². The molecular formula is C19H20F2N2OS. The third-order valence-corrected chi connectivity index (χ3v) is 5.51. The maximum Gasteiger partial charge on any atom is 0.321 e. The molecule has 0 spiro atoms. The van der Waals surface area contributed by atoms with Gasteiger partial charge in [0.15, 0.2) is 0 Å². The third kappa shape index (κ3) is 4.51. The minimum Gasteiger partial charge on any atom is -0.324 e. The van der Waals surface area contributed by atoms with Gasteiger partial charge in [-0.1, -0.05) is 12.1 Å². The van der Waals surface area contributed by atoms with Gasteiger partial charge in [-0.15, -0.1) is 0 Å². The van der Waals surface area contributed by atoms with Gasteiger partial charge in [-0.3, -0.25) is 0 Å². The summed E-state index contributed by atoms with van der Waals surface area (Å²) in [6, 6.07) is 11.0. The van der Waals surface area contributed by atoms with Crippen molar-refractivity contribution in [1.82, 2.24) is 4.90 Å². The van der Waals surface area contributed by atoms with Crippen molar-refractivity contribution in [3.05, 3.63) is 65.2 Å². The Morgan fingerprint density at radius 3 is 2.84 bits per heavy atom. The molecule has 1 fully saturated rings. The van der Waals surface area contributed by atoms with E-state index in [2.05, 4.69) is 5.32 Å². The molecule has 0 aromatic heterocycles. The first-order valence-corrected chi connectivity index (χ1v) is 9.27. The summed E-state index contributed by atoms with van der Waals surface area (Å²) in [5, 5.41) is 2.75. The molecule has 1 N–H and O–H groups in total. The second-order valence-corrected chi connectivity index (χ2v) is 7.41. The number of hydrogen-bond donors (Lipinski definition) is 1. The van der Waals surface area contributed by atoms with E-state index in [-0.39, 0.29) is 11.3 Å². The van der Waals surface area contributed by atoms with Gasteiger partial charge < -0.3 is 10.2 Å². The molecule has 3 rings (SSSR count). The predicted octanol–water partition coefficient (Wildman–Crippen LogP) is 4.99. The summed E-state index contributed by atoms with van der Waals surface area (Å²) in [4.78, 5) is 14.2. The van der Waals surface area contributed by atoms with Gasteiger partial charge >= 0.3 is 6.03 Å². The molecule has 1 heterocycles. The fraction of sp³-hybridized carbons (Fsp3) is 0.316. The number of amides is 2. The van der Waals surface area contributed by atoms with Gasteiger partial charge in [0, 0.05) is 35.3 Å². The Hall–Kier alpha value is -2.08. The van der Waals surface area contributed by atoms with Gasteiger partial charge in [-0.25, -0.2) is 13.6 Å². The Morgan fingerprint density at radius 2 is 2.04 bits per heavy atom. The first kappa shape index (κ1) is 17.7.